The largest absolute Gasteiger partial charge is 0.508 e. The Kier molecular flexibility index (Phi) is 5.11. The lowest BCUT2D eigenvalue weighted by Crippen LogP contribution is -2.37. The van der Waals surface area contributed by atoms with Crippen molar-refractivity contribution in [2.45, 2.75) is 25.7 Å². The molecule has 1 amide bonds. The second-order valence-electron chi connectivity index (χ2n) is 7.41. The maximum Gasteiger partial charge on any atom is 0.253 e. The van der Waals surface area contributed by atoms with Crippen LogP contribution in [-0.4, -0.2) is 34.0 Å². The number of carbonyl (C=O) groups is 1. The molecular weight excluding hydrogens is 348 g/mol. The van der Waals surface area contributed by atoms with Gasteiger partial charge in [-0.2, -0.15) is 0 Å². The lowest BCUT2D eigenvalue weighted by Gasteiger charge is -2.32. The van der Waals surface area contributed by atoms with Crippen LogP contribution in [0, 0.1) is 6.92 Å². The Morgan fingerprint density at radius 2 is 1.75 bits per heavy atom. The summed E-state index contributed by atoms with van der Waals surface area (Å²) in [5, 5.41) is 9.70. The Balaban J connectivity index is 1.46. The van der Waals surface area contributed by atoms with Gasteiger partial charge in [-0.1, -0.05) is 30.3 Å². The summed E-state index contributed by atoms with van der Waals surface area (Å²) in [4.78, 5) is 19.5. The summed E-state index contributed by atoms with van der Waals surface area (Å²) in [6.45, 7) is 3.42. The number of aryl methyl sites for hydroxylation is 1. The molecule has 1 aliphatic heterocycles. The van der Waals surface area contributed by atoms with Crippen LogP contribution in [0.2, 0.25) is 0 Å². The van der Waals surface area contributed by atoms with Gasteiger partial charge in [0.15, 0.2) is 0 Å². The number of aromatic nitrogens is 1. The smallest absolute Gasteiger partial charge is 0.253 e. The third-order valence-corrected chi connectivity index (χ3v) is 5.42. The van der Waals surface area contributed by atoms with Gasteiger partial charge in [-0.3, -0.25) is 9.78 Å². The fourth-order valence-electron chi connectivity index (χ4n) is 3.89. The van der Waals surface area contributed by atoms with Crippen LogP contribution >= 0.6 is 0 Å². The molecule has 0 spiro atoms. The Hall–Kier alpha value is -3.14. The van der Waals surface area contributed by atoms with Crippen molar-refractivity contribution in [3.63, 3.8) is 0 Å². The first-order valence-corrected chi connectivity index (χ1v) is 9.72. The zero-order chi connectivity index (χ0) is 19.5. The number of aromatic hydroxyl groups is 1. The third-order valence-electron chi connectivity index (χ3n) is 5.42. The predicted octanol–water partition coefficient (Wildman–Crippen LogP) is 4.78. The molecule has 0 aliphatic carbocycles. The van der Waals surface area contributed by atoms with Crippen molar-refractivity contribution in [2.24, 2.45) is 0 Å². The van der Waals surface area contributed by atoms with E-state index in [2.05, 4.69) is 11.1 Å². The van der Waals surface area contributed by atoms with E-state index in [1.54, 1.807) is 6.07 Å². The van der Waals surface area contributed by atoms with Crippen LogP contribution in [0.1, 0.15) is 40.4 Å². The van der Waals surface area contributed by atoms with Crippen molar-refractivity contribution in [3.8, 4) is 17.0 Å². The summed E-state index contributed by atoms with van der Waals surface area (Å²) >= 11 is 0. The number of benzene rings is 2. The lowest BCUT2D eigenvalue weighted by molar-refractivity contribution is 0.0713. The first kappa shape index (κ1) is 18.2. The van der Waals surface area contributed by atoms with Gasteiger partial charge in [-0.25, -0.2) is 0 Å². The van der Waals surface area contributed by atoms with E-state index in [4.69, 9.17) is 0 Å². The first-order chi connectivity index (χ1) is 13.6. The van der Waals surface area contributed by atoms with Gasteiger partial charge in [0.1, 0.15) is 5.75 Å². The molecule has 4 heteroatoms. The minimum absolute atomic E-state index is 0.0730. The molecule has 1 aromatic heterocycles. The number of hydrogen-bond acceptors (Lipinski definition) is 3. The van der Waals surface area contributed by atoms with E-state index in [9.17, 15) is 9.90 Å². The van der Waals surface area contributed by atoms with E-state index < -0.39 is 0 Å². The van der Waals surface area contributed by atoms with Crippen LogP contribution in [0.5, 0.6) is 5.75 Å². The molecule has 0 saturated carbocycles. The number of hydrogen-bond donors (Lipinski definition) is 1. The van der Waals surface area contributed by atoms with E-state index in [1.807, 2.05) is 66.4 Å². The van der Waals surface area contributed by atoms with E-state index in [0.717, 1.165) is 48.4 Å². The molecule has 1 saturated heterocycles. The highest BCUT2D eigenvalue weighted by molar-refractivity contribution is 5.95. The average Bonchev–Trinajstić information content (AvgIpc) is 2.73. The second kappa shape index (κ2) is 7.85. The summed E-state index contributed by atoms with van der Waals surface area (Å²) in [5.41, 5.74) is 4.67. The number of amides is 1. The molecule has 0 atom stereocenters. The molecule has 0 radical (unpaired) electrons. The zero-order valence-corrected chi connectivity index (χ0v) is 16.0. The van der Waals surface area contributed by atoms with Gasteiger partial charge in [0.05, 0.1) is 5.69 Å². The number of phenols is 1. The summed E-state index contributed by atoms with van der Waals surface area (Å²) < 4.78 is 0. The predicted molar refractivity (Wildman–Crippen MR) is 110 cm³/mol. The number of pyridine rings is 1. The quantitative estimate of drug-likeness (QED) is 0.720. The molecule has 0 unspecified atom stereocenters. The fraction of sp³-hybridized carbons (Fsp3) is 0.250. The molecule has 4 nitrogen and oxygen atoms in total. The molecule has 4 rings (SSSR count). The average molecular weight is 372 g/mol. The standard InChI is InChI=1S/C24H24N2O2/c1-17-5-2-10-23(25-17)20-7-3-8-21(15-20)24(28)26-13-11-18(12-14-26)19-6-4-9-22(27)16-19/h2-10,15-16,18,27H,11-14H2,1H3. The molecule has 0 bridgehead atoms. The lowest BCUT2D eigenvalue weighted by atomic mass is 9.89. The van der Waals surface area contributed by atoms with Crippen LogP contribution in [0.3, 0.4) is 0 Å². The van der Waals surface area contributed by atoms with Gasteiger partial charge >= 0.3 is 0 Å². The number of nitrogens with zero attached hydrogens (tertiary/aromatic N) is 2. The van der Waals surface area contributed by atoms with E-state index in [0.29, 0.717) is 17.2 Å². The maximum atomic E-state index is 13.0. The van der Waals surface area contributed by atoms with Gasteiger partial charge < -0.3 is 10.0 Å². The fourth-order valence-corrected chi connectivity index (χ4v) is 3.89. The van der Waals surface area contributed by atoms with E-state index in [-0.39, 0.29) is 5.91 Å². The van der Waals surface area contributed by atoms with Crippen molar-refractivity contribution in [2.75, 3.05) is 13.1 Å². The van der Waals surface area contributed by atoms with Gasteiger partial charge in [0, 0.05) is 29.9 Å². The topological polar surface area (TPSA) is 53.4 Å². The molecule has 2 aromatic carbocycles. The SMILES string of the molecule is Cc1cccc(-c2cccc(C(=O)N3CCC(c4cccc(O)c4)CC3)c2)n1. The van der Waals surface area contributed by atoms with Crippen molar-refractivity contribution in [1.29, 1.82) is 0 Å². The highest BCUT2D eigenvalue weighted by atomic mass is 16.3. The number of phenolic OH excluding ortho intramolecular Hbond substituents is 1. The van der Waals surface area contributed by atoms with Crippen molar-refractivity contribution in [3.05, 3.63) is 83.6 Å². The molecule has 1 aliphatic rings. The number of carbonyl (C=O) groups excluding carboxylic acids is 1. The Morgan fingerprint density at radius 1 is 1.00 bits per heavy atom. The minimum Gasteiger partial charge on any atom is -0.508 e. The molecule has 2 heterocycles. The third kappa shape index (κ3) is 3.91. The normalized spacial score (nSPS) is 14.8. The van der Waals surface area contributed by atoms with Gasteiger partial charge in [-0.15, -0.1) is 0 Å². The Labute approximate surface area is 165 Å². The summed E-state index contributed by atoms with van der Waals surface area (Å²) in [6, 6.07) is 21.1. The van der Waals surface area contributed by atoms with Crippen molar-refractivity contribution < 1.29 is 9.90 Å². The van der Waals surface area contributed by atoms with Gasteiger partial charge in [-0.05, 0) is 67.6 Å². The van der Waals surface area contributed by atoms with Crippen LogP contribution in [0.15, 0.2) is 66.7 Å². The van der Waals surface area contributed by atoms with Crippen molar-refractivity contribution in [1.82, 2.24) is 9.88 Å². The van der Waals surface area contributed by atoms with Gasteiger partial charge in [0.25, 0.3) is 5.91 Å². The zero-order valence-electron chi connectivity index (χ0n) is 16.0. The van der Waals surface area contributed by atoms with E-state index in [1.165, 1.54) is 0 Å². The summed E-state index contributed by atoms with van der Waals surface area (Å²) in [7, 11) is 0. The second-order valence-corrected chi connectivity index (χ2v) is 7.41. The van der Waals surface area contributed by atoms with E-state index >= 15 is 0 Å². The number of rotatable bonds is 3. The van der Waals surface area contributed by atoms with Crippen LogP contribution in [0.25, 0.3) is 11.3 Å². The molecule has 1 fully saturated rings. The molecule has 142 valence electrons. The first-order valence-electron chi connectivity index (χ1n) is 9.72. The molecule has 28 heavy (non-hydrogen) atoms. The molecular formula is C24H24N2O2. The molecule has 3 aromatic rings. The number of likely N-dealkylation sites (tertiary alicyclic amines) is 1. The Morgan fingerprint density at radius 3 is 2.50 bits per heavy atom. The maximum absolute atomic E-state index is 13.0. The van der Waals surface area contributed by atoms with Gasteiger partial charge in [0.2, 0.25) is 0 Å². The van der Waals surface area contributed by atoms with Crippen molar-refractivity contribution >= 4 is 5.91 Å². The summed E-state index contributed by atoms with van der Waals surface area (Å²) in [5.74, 6) is 0.764. The van der Waals surface area contributed by atoms with Crippen LogP contribution in [-0.2, 0) is 0 Å². The number of piperidine rings is 1. The minimum atomic E-state index is 0.0730. The highest BCUT2D eigenvalue weighted by Crippen LogP contribution is 2.30. The highest BCUT2D eigenvalue weighted by Gasteiger charge is 2.25. The monoisotopic (exact) mass is 372 g/mol. The van der Waals surface area contributed by atoms with Crippen LogP contribution in [0.4, 0.5) is 0 Å². The van der Waals surface area contributed by atoms with Crippen LogP contribution < -0.4 is 0 Å². The summed E-state index contributed by atoms with van der Waals surface area (Å²) in [6.07, 6.45) is 1.82. The Bertz CT molecular complexity index is 991. The molecule has 1 N–H and O–H groups in total.